The minimum Gasteiger partial charge on any atom is -0.321 e. The summed E-state index contributed by atoms with van der Waals surface area (Å²) in [5.74, 6) is -5.40. The zero-order chi connectivity index (χ0) is 15.0. The Bertz CT molecular complexity index is 845. The number of nitrogens with one attached hydrogen (secondary N) is 1. The van der Waals surface area contributed by atoms with Crippen molar-refractivity contribution in [2.75, 3.05) is 5.32 Å². The van der Waals surface area contributed by atoms with Crippen molar-refractivity contribution >= 4 is 17.2 Å². The molecule has 21 heavy (non-hydrogen) atoms. The van der Waals surface area contributed by atoms with E-state index in [-0.39, 0.29) is 0 Å². The monoisotopic (exact) mass is 291 g/mol. The number of aromatic nitrogens is 2. The maximum Gasteiger partial charge on any atom is 0.258 e. The van der Waals surface area contributed by atoms with Gasteiger partial charge in [-0.25, -0.2) is 18.2 Å². The van der Waals surface area contributed by atoms with Gasteiger partial charge in [-0.1, -0.05) is 0 Å². The quantitative estimate of drug-likeness (QED) is 0.738. The first-order chi connectivity index (χ1) is 10.1. The van der Waals surface area contributed by atoms with Crippen LogP contribution in [0.25, 0.3) is 5.65 Å². The second kappa shape index (κ2) is 4.93. The Balaban J connectivity index is 1.90. The maximum atomic E-state index is 13.5. The Kier molecular flexibility index (Phi) is 3.09. The average Bonchev–Trinajstić information content (AvgIpc) is 2.92. The molecule has 0 fully saturated rings. The minimum absolute atomic E-state index is 0.370. The molecule has 1 aromatic carbocycles. The van der Waals surface area contributed by atoms with E-state index in [0.29, 0.717) is 17.4 Å². The van der Waals surface area contributed by atoms with Gasteiger partial charge in [0, 0.05) is 18.6 Å². The van der Waals surface area contributed by atoms with Crippen LogP contribution in [0.3, 0.4) is 0 Å². The van der Waals surface area contributed by atoms with Gasteiger partial charge in [0.2, 0.25) is 0 Å². The molecule has 1 N–H and O–H groups in total. The Labute approximate surface area is 116 Å². The van der Waals surface area contributed by atoms with E-state index in [1.165, 1.54) is 0 Å². The molecule has 0 aliphatic heterocycles. The fourth-order valence-electron chi connectivity index (χ4n) is 1.89. The van der Waals surface area contributed by atoms with Crippen molar-refractivity contribution in [1.29, 1.82) is 0 Å². The second-order valence-electron chi connectivity index (χ2n) is 4.29. The molecule has 3 aromatic rings. The van der Waals surface area contributed by atoms with Gasteiger partial charge in [0.25, 0.3) is 5.91 Å². The highest BCUT2D eigenvalue weighted by atomic mass is 19.2. The zero-order valence-corrected chi connectivity index (χ0v) is 10.5. The van der Waals surface area contributed by atoms with Crippen LogP contribution in [0.5, 0.6) is 0 Å². The van der Waals surface area contributed by atoms with Crippen molar-refractivity contribution in [3.05, 3.63) is 65.9 Å². The number of carbonyl (C=O) groups excluding carboxylic acids is 1. The van der Waals surface area contributed by atoms with Gasteiger partial charge in [-0.15, -0.1) is 0 Å². The summed E-state index contributed by atoms with van der Waals surface area (Å²) < 4.78 is 41.1. The van der Waals surface area contributed by atoms with Crippen molar-refractivity contribution < 1.29 is 18.0 Å². The first-order valence-corrected chi connectivity index (χ1v) is 5.94. The molecule has 4 nitrogen and oxygen atoms in total. The number of halogens is 3. The number of anilines is 1. The highest BCUT2D eigenvalue weighted by Crippen LogP contribution is 2.17. The highest BCUT2D eigenvalue weighted by molar-refractivity contribution is 6.04. The molecule has 3 rings (SSSR count). The van der Waals surface area contributed by atoms with E-state index in [2.05, 4.69) is 10.3 Å². The molecular weight excluding hydrogens is 283 g/mol. The number of carbonyl (C=O) groups is 1. The fourth-order valence-corrected chi connectivity index (χ4v) is 1.89. The standard InChI is InChI=1S/C14H8F3N3O/c15-10-3-2-9(12(16)13(10)17)14(21)19-8-1-4-11-18-5-6-20(11)7-8/h1-7H,(H,19,21). The Morgan fingerprint density at radius 2 is 1.90 bits per heavy atom. The molecule has 0 aliphatic rings. The van der Waals surface area contributed by atoms with Gasteiger partial charge in [0.15, 0.2) is 17.5 Å². The van der Waals surface area contributed by atoms with E-state index in [9.17, 15) is 18.0 Å². The molecule has 0 aliphatic carbocycles. The molecular formula is C14H8F3N3O. The normalized spacial score (nSPS) is 10.8. The van der Waals surface area contributed by atoms with E-state index in [1.807, 2.05) is 0 Å². The van der Waals surface area contributed by atoms with E-state index in [4.69, 9.17) is 0 Å². The Morgan fingerprint density at radius 3 is 2.71 bits per heavy atom. The predicted octanol–water partition coefficient (Wildman–Crippen LogP) is 3.00. The third-order valence-electron chi connectivity index (χ3n) is 2.93. The SMILES string of the molecule is O=C(Nc1ccc2nccn2c1)c1ccc(F)c(F)c1F. The number of fused-ring (bicyclic) bond motifs is 1. The minimum atomic E-state index is -1.67. The first kappa shape index (κ1) is 13.2. The van der Waals surface area contributed by atoms with E-state index < -0.39 is 28.9 Å². The number of pyridine rings is 1. The van der Waals surface area contributed by atoms with Crippen molar-refractivity contribution in [2.24, 2.45) is 0 Å². The van der Waals surface area contributed by atoms with Crippen LogP contribution in [0.2, 0.25) is 0 Å². The predicted molar refractivity (Wildman–Crippen MR) is 69.5 cm³/mol. The van der Waals surface area contributed by atoms with Gasteiger partial charge >= 0.3 is 0 Å². The number of hydrogen-bond donors (Lipinski definition) is 1. The van der Waals surface area contributed by atoms with Gasteiger partial charge < -0.3 is 9.72 Å². The van der Waals surface area contributed by atoms with Crippen LogP contribution in [0.1, 0.15) is 10.4 Å². The highest BCUT2D eigenvalue weighted by Gasteiger charge is 2.18. The Morgan fingerprint density at radius 1 is 1.10 bits per heavy atom. The number of amides is 1. The van der Waals surface area contributed by atoms with Crippen LogP contribution in [0.4, 0.5) is 18.9 Å². The second-order valence-corrected chi connectivity index (χ2v) is 4.29. The van der Waals surface area contributed by atoms with Crippen LogP contribution in [0.15, 0.2) is 42.9 Å². The van der Waals surface area contributed by atoms with E-state index in [1.54, 1.807) is 35.1 Å². The molecule has 7 heteroatoms. The van der Waals surface area contributed by atoms with Crippen molar-refractivity contribution in [3.63, 3.8) is 0 Å². The fraction of sp³-hybridized carbons (Fsp3) is 0. The van der Waals surface area contributed by atoms with Crippen LogP contribution >= 0.6 is 0 Å². The number of hydrogen-bond acceptors (Lipinski definition) is 2. The molecule has 0 spiro atoms. The van der Waals surface area contributed by atoms with Crippen LogP contribution in [0, 0.1) is 17.5 Å². The lowest BCUT2D eigenvalue weighted by molar-refractivity contribution is 0.102. The van der Waals surface area contributed by atoms with Gasteiger partial charge in [-0.2, -0.15) is 0 Å². The molecule has 0 atom stereocenters. The third kappa shape index (κ3) is 2.33. The lowest BCUT2D eigenvalue weighted by atomic mass is 10.2. The van der Waals surface area contributed by atoms with E-state index in [0.717, 1.165) is 6.07 Å². The van der Waals surface area contributed by atoms with Crippen LogP contribution < -0.4 is 5.32 Å². The number of benzene rings is 1. The maximum absolute atomic E-state index is 13.5. The molecule has 0 saturated carbocycles. The summed E-state index contributed by atoms with van der Waals surface area (Å²) in [4.78, 5) is 15.9. The van der Waals surface area contributed by atoms with Crippen molar-refractivity contribution in [3.8, 4) is 0 Å². The molecule has 0 bridgehead atoms. The molecule has 2 heterocycles. The van der Waals surface area contributed by atoms with Gasteiger partial charge in [-0.3, -0.25) is 4.79 Å². The molecule has 0 saturated heterocycles. The first-order valence-electron chi connectivity index (χ1n) is 5.94. The Hall–Kier alpha value is -2.83. The number of imidazole rings is 1. The molecule has 0 unspecified atom stereocenters. The lowest BCUT2D eigenvalue weighted by Crippen LogP contribution is -2.15. The molecule has 2 aromatic heterocycles. The smallest absolute Gasteiger partial charge is 0.258 e. The zero-order valence-electron chi connectivity index (χ0n) is 10.5. The third-order valence-corrected chi connectivity index (χ3v) is 2.93. The summed E-state index contributed by atoms with van der Waals surface area (Å²) in [5, 5.41) is 2.41. The van der Waals surface area contributed by atoms with Gasteiger partial charge in [0.1, 0.15) is 5.65 Å². The van der Waals surface area contributed by atoms with Crippen LogP contribution in [-0.2, 0) is 0 Å². The summed E-state index contributed by atoms with van der Waals surface area (Å²) in [6.07, 6.45) is 4.82. The molecule has 0 radical (unpaired) electrons. The number of nitrogens with zero attached hydrogens (tertiary/aromatic N) is 2. The summed E-state index contributed by atoms with van der Waals surface area (Å²) in [5.41, 5.74) is 0.473. The number of rotatable bonds is 2. The van der Waals surface area contributed by atoms with E-state index >= 15 is 0 Å². The largest absolute Gasteiger partial charge is 0.321 e. The molecule has 106 valence electrons. The topological polar surface area (TPSA) is 46.4 Å². The van der Waals surface area contributed by atoms with Crippen LogP contribution in [-0.4, -0.2) is 15.3 Å². The lowest BCUT2D eigenvalue weighted by Gasteiger charge is -2.07. The summed E-state index contributed by atoms with van der Waals surface area (Å²) in [6, 6.07) is 4.81. The van der Waals surface area contributed by atoms with Gasteiger partial charge in [-0.05, 0) is 24.3 Å². The molecule has 1 amide bonds. The summed E-state index contributed by atoms with van der Waals surface area (Å²) in [7, 11) is 0. The van der Waals surface area contributed by atoms with Crippen molar-refractivity contribution in [2.45, 2.75) is 0 Å². The summed E-state index contributed by atoms with van der Waals surface area (Å²) in [6.45, 7) is 0. The summed E-state index contributed by atoms with van der Waals surface area (Å²) >= 11 is 0. The van der Waals surface area contributed by atoms with Crippen molar-refractivity contribution in [1.82, 2.24) is 9.38 Å². The van der Waals surface area contributed by atoms with Gasteiger partial charge in [0.05, 0.1) is 11.3 Å². The average molecular weight is 291 g/mol.